The van der Waals surface area contributed by atoms with Crippen LogP contribution in [-0.4, -0.2) is 15.0 Å². The smallest absolute Gasteiger partial charge is 0.164 e. The van der Waals surface area contributed by atoms with Crippen LogP contribution in [0.5, 0.6) is 0 Å². The molecule has 0 amide bonds. The van der Waals surface area contributed by atoms with E-state index in [4.69, 9.17) is 23.2 Å². The van der Waals surface area contributed by atoms with Gasteiger partial charge < -0.3 is 0 Å². The Morgan fingerprint density at radius 1 is 0.375 bits per heavy atom. The molecule has 0 N–H and O–H groups in total. The first-order valence-corrected chi connectivity index (χ1v) is 15.9. The molecule has 6 aromatic carbocycles. The highest BCUT2D eigenvalue weighted by atomic mass is 15.0. The van der Waals surface area contributed by atoms with E-state index >= 15 is 0 Å². The van der Waals surface area contributed by atoms with Crippen LogP contribution >= 0.6 is 0 Å². The van der Waals surface area contributed by atoms with Crippen molar-refractivity contribution >= 4 is 0 Å². The first-order valence-electron chi connectivity index (χ1n) is 20.9. The highest BCUT2D eigenvalue weighted by molar-refractivity contribution is 5.84. The lowest BCUT2D eigenvalue weighted by Crippen LogP contribution is -2.28. The van der Waals surface area contributed by atoms with E-state index in [-0.39, 0.29) is 11.1 Å². The normalized spacial score (nSPS) is 22.8. The van der Waals surface area contributed by atoms with Crippen molar-refractivity contribution in [2.24, 2.45) is 0 Å². The van der Waals surface area contributed by atoms with Crippen molar-refractivity contribution in [3.05, 3.63) is 163 Å². The van der Waals surface area contributed by atoms with Crippen molar-refractivity contribution in [1.82, 2.24) is 15.0 Å². The first kappa shape index (κ1) is 19.9. The fraction of sp³-hybridized carbons (Fsp3) is 0.133. The van der Waals surface area contributed by atoms with Crippen molar-refractivity contribution in [1.29, 1.82) is 0 Å². The van der Waals surface area contributed by atoms with E-state index in [0.29, 0.717) is 45.3 Å². The van der Waals surface area contributed by atoms with Gasteiger partial charge in [0.25, 0.3) is 0 Å². The molecule has 2 aliphatic carbocycles. The van der Waals surface area contributed by atoms with E-state index < -0.39 is 37.3 Å². The van der Waals surface area contributed by atoms with E-state index in [9.17, 15) is 5.48 Å². The second kappa shape index (κ2) is 11.8. The molecule has 1 saturated carbocycles. The lowest BCUT2D eigenvalue weighted by atomic mass is 9.67. The molecule has 3 nitrogen and oxygen atoms in total. The van der Waals surface area contributed by atoms with Gasteiger partial charge in [0, 0.05) is 35.8 Å². The van der Waals surface area contributed by atoms with Gasteiger partial charge in [0.1, 0.15) is 0 Å². The predicted octanol–water partition coefficient (Wildman–Crippen LogP) is 11.4. The second-order valence-electron chi connectivity index (χ2n) is 11.9. The molecule has 0 radical (unpaired) electrons. The molecule has 1 spiro atoms. The maximum Gasteiger partial charge on any atom is 0.164 e. The van der Waals surface area contributed by atoms with E-state index in [1.807, 2.05) is 103 Å². The maximum absolute atomic E-state index is 9.36. The molecule has 0 saturated heterocycles. The van der Waals surface area contributed by atoms with E-state index in [1.165, 1.54) is 6.07 Å². The van der Waals surface area contributed by atoms with Crippen LogP contribution < -0.4 is 0 Å². The van der Waals surface area contributed by atoms with E-state index in [1.54, 1.807) is 30.3 Å². The Kier molecular flexibility index (Phi) is 4.90. The Hall–Kier alpha value is -5.67. The number of nitrogens with zero attached hydrogens (tertiary/aromatic N) is 3. The molecule has 3 heteroatoms. The summed E-state index contributed by atoms with van der Waals surface area (Å²) in [4.78, 5) is 14.6. The first-order chi connectivity index (χ1) is 27.5. The number of rotatable bonds is 5. The topological polar surface area (TPSA) is 38.7 Å². The van der Waals surface area contributed by atoms with Gasteiger partial charge in [-0.05, 0) is 63.3 Å². The fourth-order valence-corrected chi connectivity index (χ4v) is 6.65. The van der Waals surface area contributed by atoms with Crippen LogP contribution in [0.1, 0.15) is 56.7 Å². The minimum atomic E-state index is -3.52. The Balaban J connectivity index is 1.15. The largest absolute Gasteiger partial charge is 0.208 e. The zero-order valence-electron chi connectivity index (χ0n) is 35.8. The number of hydrogen-bond donors (Lipinski definition) is 0. The molecule has 1 fully saturated rings. The molecule has 0 atom stereocenters. The van der Waals surface area contributed by atoms with Crippen LogP contribution in [0.15, 0.2) is 152 Å². The standard InChI is InChI=1S/C45H35N3/c1-4-12-31(13-5-1)32-18-22-35(23-19-32)43-46-42(34-14-6-2-7-15-34)47-44(48-43)36-24-20-33(21-25-36)37-26-27-39-38-16-8-9-17-40(38)45(41(39)30-37)28-10-3-11-29-45/h1-2,4-9,12-27,30H,3,10-11,28-29H2/i3D2,10D2,11D2,28D2,29D2. The summed E-state index contributed by atoms with van der Waals surface area (Å²) in [5.41, 5.74) is 4.16. The second-order valence-corrected chi connectivity index (χ2v) is 11.9. The predicted molar refractivity (Wildman–Crippen MR) is 196 cm³/mol. The average Bonchev–Trinajstić information content (AvgIpc) is 3.55. The highest BCUT2D eigenvalue weighted by Crippen LogP contribution is 2.56. The van der Waals surface area contributed by atoms with Gasteiger partial charge in [-0.1, -0.05) is 165 Å². The molecule has 1 aromatic heterocycles. The fourth-order valence-electron chi connectivity index (χ4n) is 6.65. The number of benzene rings is 6. The monoisotopic (exact) mass is 627 g/mol. The zero-order valence-corrected chi connectivity index (χ0v) is 25.8. The van der Waals surface area contributed by atoms with Gasteiger partial charge in [0.15, 0.2) is 17.5 Å². The Morgan fingerprint density at radius 2 is 0.792 bits per heavy atom. The third kappa shape index (κ3) is 4.94. The third-order valence-corrected chi connectivity index (χ3v) is 9.06. The average molecular weight is 628 g/mol. The molecule has 7 aromatic rings. The van der Waals surface area contributed by atoms with Gasteiger partial charge in [-0.15, -0.1) is 0 Å². The summed E-state index contributed by atoms with van der Waals surface area (Å²) in [6.07, 6.45) is -16.9. The third-order valence-electron chi connectivity index (χ3n) is 9.06. The maximum atomic E-state index is 9.36. The van der Waals surface area contributed by atoms with Gasteiger partial charge in [-0.2, -0.15) is 0 Å². The molecule has 48 heavy (non-hydrogen) atoms. The summed E-state index contributed by atoms with van der Waals surface area (Å²) < 4.78 is 89.8. The minimum Gasteiger partial charge on any atom is -0.208 e. The van der Waals surface area contributed by atoms with Crippen molar-refractivity contribution < 1.29 is 13.7 Å². The summed E-state index contributed by atoms with van der Waals surface area (Å²) in [6, 6.07) is 46.8. The van der Waals surface area contributed by atoms with Crippen LogP contribution in [0.4, 0.5) is 0 Å². The van der Waals surface area contributed by atoms with Crippen molar-refractivity contribution in [3.8, 4) is 67.5 Å². The van der Waals surface area contributed by atoms with Gasteiger partial charge in [-0.3, -0.25) is 0 Å². The quantitative estimate of drug-likeness (QED) is 0.191. The number of aromatic nitrogens is 3. The summed E-state index contributed by atoms with van der Waals surface area (Å²) in [6.45, 7) is 0. The number of fused-ring (bicyclic) bond motifs is 5. The molecule has 0 bridgehead atoms. The van der Waals surface area contributed by atoms with Crippen molar-refractivity contribution in [3.63, 3.8) is 0 Å². The van der Waals surface area contributed by atoms with Crippen LogP contribution in [0.25, 0.3) is 67.5 Å². The van der Waals surface area contributed by atoms with Gasteiger partial charge in [0.05, 0.1) is 0 Å². The Labute approximate surface area is 296 Å². The molecular formula is C45H35N3. The summed E-state index contributed by atoms with van der Waals surface area (Å²) in [5.74, 6) is 1.44. The van der Waals surface area contributed by atoms with Gasteiger partial charge in [0.2, 0.25) is 0 Å². The summed E-state index contributed by atoms with van der Waals surface area (Å²) in [7, 11) is 0. The van der Waals surface area contributed by atoms with Crippen LogP contribution in [0, 0.1) is 0 Å². The highest BCUT2D eigenvalue weighted by Gasteiger charge is 2.43. The number of hydrogen-bond acceptors (Lipinski definition) is 3. The molecular weight excluding hydrogens is 583 g/mol. The van der Waals surface area contributed by atoms with Crippen LogP contribution in [0.2, 0.25) is 0 Å². The Bertz CT molecular complexity index is 2670. The summed E-state index contributed by atoms with van der Waals surface area (Å²) in [5, 5.41) is 0. The zero-order chi connectivity index (χ0) is 40.9. The Morgan fingerprint density at radius 3 is 1.40 bits per heavy atom. The molecule has 1 heterocycles. The van der Waals surface area contributed by atoms with E-state index in [0.717, 1.165) is 22.3 Å². The lowest BCUT2D eigenvalue weighted by molar-refractivity contribution is 0.353. The molecule has 9 rings (SSSR count). The minimum absolute atomic E-state index is 0.0569. The van der Waals surface area contributed by atoms with E-state index in [2.05, 4.69) is 12.1 Å². The van der Waals surface area contributed by atoms with Crippen molar-refractivity contribution in [2.45, 2.75) is 37.3 Å². The molecule has 230 valence electrons. The molecule has 0 unspecified atom stereocenters. The molecule has 2 aliphatic rings. The lowest BCUT2D eigenvalue weighted by Gasteiger charge is -2.36. The molecule has 0 aliphatic heterocycles. The SMILES string of the molecule is [2H]C1([2H])C([2H])([2H])C([2H])([2H])C2(c3ccccc3-c3ccc(-c4ccc(-c5nc(-c6ccccc6)nc(-c6ccc(-c7ccccc7)cc6)n5)cc4)cc32)C([2H])([2H])C1([2H])[2H]. The van der Waals surface area contributed by atoms with Gasteiger partial charge in [-0.25, -0.2) is 15.0 Å². The van der Waals surface area contributed by atoms with Crippen LogP contribution in [-0.2, 0) is 5.41 Å². The van der Waals surface area contributed by atoms with Crippen molar-refractivity contribution in [2.75, 3.05) is 0 Å². The van der Waals surface area contributed by atoms with Crippen LogP contribution in [0.3, 0.4) is 0 Å². The summed E-state index contributed by atoms with van der Waals surface area (Å²) >= 11 is 0. The van der Waals surface area contributed by atoms with Gasteiger partial charge >= 0.3 is 0 Å².